The van der Waals surface area contributed by atoms with Crippen molar-refractivity contribution >= 4 is 0 Å². The zero-order valence-corrected chi connectivity index (χ0v) is 13.6. The summed E-state index contributed by atoms with van der Waals surface area (Å²) in [6.07, 6.45) is 3.66. The van der Waals surface area contributed by atoms with E-state index in [2.05, 4.69) is 52.8 Å². The molecule has 1 fully saturated rings. The van der Waals surface area contributed by atoms with Crippen molar-refractivity contribution in [1.82, 2.24) is 0 Å². The summed E-state index contributed by atoms with van der Waals surface area (Å²) in [6.45, 7) is 12.1. The Labute approximate surface area is 123 Å². The Morgan fingerprint density at radius 2 is 1.60 bits per heavy atom. The standard InChI is InChI=1S/C19H28O/c1-17(2)8-9-18(3,4)16-10-13(6-7-15(16)17)19(5)11-14(19)12-20/h6-7,10,14,20H,8-9,11-12H2,1-5H3/t14?,19-/m1/s1. The van der Waals surface area contributed by atoms with Crippen molar-refractivity contribution < 1.29 is 5.11 Å². The van der Waals surface area contributed by atoms with Crippen molar-refractivity contribution in [3.05, 3.63) is 34.9 Å². The second kappa shape index (κ2) is 4.10. The van der Waals surface area contributed by atoms with E-state index in [9.17, 15) is 5.11 Å². The molecule has 110 valence electrons. The van der Waals surface area contributed by atoms with Crippen molar-refractivity contribution in [2.24, 2.45) is 5.92 Å². The molecule has 1 saturated carbocycles. The number of fused-ring (bicyclic) bond motifs is 1. The second-order valence-corrected chi connectivity index (χ2v) is 8.53. The Bertz CT molecular complexity index is 541. The summed E-state index contributed by atoms with van der Waals surface area (Å²) in [7, 11) is 0. The molecule has 0 radical (unpaired) electrons. The highest BCUT2D eigenvalue weighted by molar-refractivity contribution is 5.47. The first-order valence-electron chi connectivity index (χ1n) is 7.97. The molecular weight excluding hydrogens is 244 g/mol. The molecule has 1 N–H and O–H groups in total. The van der Waals surface area contributed by atoms with E-state index in [-0.39, 0.29) is 10.8 Å². The minimum atomic E-state index is 0.210. The zero-order chi connectivity index (χ0) is 14.8. The highest BCUT2D eigenvalue weighted by Gasteiger charge is 2.51. The van der Waals surface area contributed by atoms with Gasteiger partial charge in [0.05, 0.1) is 0 Å². The van der Waals surface area contributed by atoms with Gasteiger partial charge in [-0.05, 0) is 58.1 Å². The fraction of sp³-hybridized carbons (Fsp3) is 0.684. The zero-order valence-electron chi connectivity index (χ0n) is 13.6. The Hall–Kier alpha value is -0.820. The van der Waals surface area contributed by atoms with Crippen LogP contribution >= 0.6 is 0 Å². The number of hydrogen-bond donors (Lipinski definition) is 1. The van der Waals surface area contributed by atoms with Crippen LogP contribution in [0.25, 0.3) is 0 Å². The van der Waals surface area contributed by atoms with Gasteiger partial charge in [-0.2, -0.15) is 0 Å². The van der Waals surface area contributed by atoms with Crippen molar-refractivity contribution in [3.8, 4) is 0 Å². The first kappa shape index (κ1) is 14.1. The van der Waals surface area contributed by atoms with Crippen molar-refractivity contribution in [2.45, 2.75) is 70.1 Å². The van der Waals surface area contributed by atoms with E-state index in [0.29, 0.717) is 17.9 Å². The predicted molar refractivity (Wildman–Crippen MR) is 84.3 cm³/mol. The number of aliphatic hydroxyl groups is 1. The summed E-state index contributed by atoms with van der Waals surface area (Å²) in [4.78, 5) is 0. The van der Waals surface area contributed by atoms with Crippen LogP contribution in [0.2, 0.25) is 0 Å². The molecular formula is C19H28O. The Kier molecular flexibility index (Phi) is 2.90. The van der Waals surface area contributed by atoms with Gasteiger partial charge in [-0.3, -0.25) is 0 Å². The summed E-state index contributed by atoms with van der Waals surface area (Å²) in [6, 6.07) is 7.13. The lowest BCUT2D eigenvalue weighted by molar-refractivity contribution is 0.265. The van der Waals surface area contributed by atoms with Gasteiger partial charge >= 0.3 is 0 Å². The molecule has 2 aliphatic rings. The van der Waals surface area contributed by atoms with Crippen LogP contribution in [0.5, 0.6) is 0 Å². The van der Waals surface area contributed by atoms with Gasteiger partial charge < -0.3 is 5.11 Å². The summed E-state index contributed by atoms with van der Waals surface area (Å²) in [5.41, 5.74) is 5.28. The molecule has 1 nitrogen and oxygen atoms in total. The van der Waals surface area contributed by atoms with E-state index >= 15 is 0 Å². The maximum absolute atomic E-state index is 9.43. The molecule has 3 rings (SSSR count). The predicted octanol–water partition coefficient (Wildman–Crippen LogP) is 4.31. The first-order valence-corrected chi connectivity index (χ1v) is 7.97. The highest BCUT2D eigenvalue weighted by atomic mass is 16.3. The van der Waals surface area contributed by atoms with Crippen LogP contribution in [0.1, 0.15) is 70.6 Å². The number of rotatable bonds is 2. The molecule has 1 aromatic rings. The van der Waals surface area contributed by atoms with E-state index in [1.54, 1.807) is 0 Å². The van der Waals surface area contributed by atoms with Gasteiger partial charge in [0.2, 0.25) is 0 Å². The lowest BCUT2D eigenvalue weighted by Gasteiger charge is -2.42. The maximum Gasteiger partial charge on any atom is 0.0468 e. The van der Waals surface area contributed by atoms with Gasteiger partial charge in [0.25, 0.3) is 0 Å². The average molecular weight is 272 g/mol. The van der Waals surface area contributed by atoms with Gasteiger partial charge in [0, 0.05) is 6.61 Å². The quantitative estimate of drug-likeness (QED) is 0.850. The van der Waals surface area contributed by atoms with E-state index in [4.69, 9.17) is 0 Å². The monoisotopic (exact) mass is 272 g/mol. The normalized spacial score (nSPS) is 33.6. The van der Waals surface area contributed by atoms with Crippen LogP contribution in [0.4, 0.5) is 0 Å². The Morgan fingerprint density at radius 1 is 1.00 bits per heavy atom. The van der Waals surface area contributed by atoms with Crippen molar-refractivity contribution in [3.63, 3.8) is 0 Å². The van der Waals surface area contributed by atoms with Crippen LogP contribution in [-0.4, -0.2) is 11.7 Å². The average Bonchev–Trinajstić information content (AvgIpc) is 3.08. The molecule has 2 atom stereocenters. The lowest BCUT2D eigenvalue weighted by Crippen LogP contribution is -2.34. The minimum absolute atomic E-state index is 0.210. The SMILES string of the molecule is CC1(C)CCC(C)(C)c2cc([C@@]3(C)CC3CO)ccc21. The van der Waals surface area contributed by atoms with E-state index in [1.807, 2.05) is 0 Å². The molecule has 0 spiro atoms. The maximum atomic E-state index is 9.43. The van der Waals surface area contributed by atoms with Crippen molar-refractivity contribution in [1.29, 1.82) is 0 Å². The summed E-state index contributed by atoms with van der Waals surface area (Å²) < 4.78 is 0. The van der Waals surface area contributed by atoms with Crippen LogP contribution in [0, 0.1) is 5.92 Å². The molecule has 1 unspecified atom stereocenters. The van der Waals surface area contributed by atoms with Gasteiger partial charge in [-0.25, -0.2) is 0 Å². The van der Waals surface area contributed by atoms with Gasteiger partial charge in [-0.1, -0.05) is 52.8 Å². The summed E-state index contributed by atoms with van der Waals surface area (Å²) >= 11 is 0. The molecule has 0 saturated heterocycles. The Balaban J connectivity index is 2.08. The minimum Gasteiger partial charge on any atom is -0.396 e. The smallest absolute Gasteiger partial charge is 0.0468 e. The largest absolute Gasteiger partial charge is 0.396 e. The molecule has 1 heteroatoms. The van der Waals surface area contributed by atoms with Crippen molar-refractivity contribution in [2.75, 3.05) is 6.61 Å². The van der Waals surface area contributed by atoms with Gasteiger partial charge in [0.1, 0.15) is 0 Å². The second-order valence-electron chi connectivity index (χ2n) is 8.53. The van der Waals surface area contributed by atoms with E-state index < -0.39 is 0 Å². The lowest BCUT2D eigenvalue weighted by atomic mass is 9.62. The fourth-order valence-corrected chi connectivity index (χ4v) is 4.02. The number of hydrogen-bond acceptors (Lipinski definition) is 1. The third-order valence-electron chi connectivity index (χ3n) is 6.14. The number of aliphatic hydroxyl groups excluding tert-OH is 1. The topological polar surface area (TPSA) is 20.2 Å². The molecule has 2 aliphatic carbocycles. The highest BCUT2D eigenvalue weighted by Crippen LogP contribution is 2.55. The summed E-state index contributed by atoms with van der Waals surface area (Å²) in [5, 5.41) is 9.43. The molecule has 0 heterocycles. The molecule has 1 aromatic carbocycles. The Morgan fingerprint density at radius 3 is 2.15 bits per heavy atom. The number of benzene rings is 1. The van der Waals surface area contributed by atoms with E-state index in [1.165, 1.54) is 29.5 Å². The molecule has 20 heavy (non-hydrogen) atoms. The molecule has 0 aliphatic heterocycles. The molecule has 0 aromatic heterocycles. The first-order chi connectivity index (χ1) is 9.21. The molecule has 0 bridgehead atoms. The van der Waals surface area contributed by atoms with Gasteiger partial charge in [0.15, 0.2) is 0 Å². The van der Waals surface area contributed by atoms with Gasteiger partial charge in [-0.15, -0.1) is 0 Å². The van der Waals surface area contributed by atoms with Crippen LogP contribution < -0.4 is 0 Å². The molecule has 0 amide bonds. The van der Waals surface area contributed by atoms with Crippen LogP contribution in [0.3, 0.4) is 0 Å². The van der Waals surface area contributed by atoms with Crippen LogP contribution in [-0.2, 0) is 16.2 Å². The third-order valence-corrected chi connectivity index (χ3v) is 6.14. The van der Waals surface area contributed by atoms with E-state index in [0.717, 1.165) is 6.42 Å². The third kappa shape index (κ3) is 1.94. The summed E-state index contributed by atoms with van der Waals surface area (Å²) in [5.74, 6) is 0.459. The fourth-order valence-electron chi connectivity index (χ4n) is 4.02. The van der Waals surface area contributed by atoms with Crippen LogP contribution in [0.15, 0.2) is 18.2 Å².